The molecule has 2 aliphatic heterocycles. The molecule has 0 atom stereocenters. The van der Waals surface area contributed by atoms with Gasteiger partial charge in [-0.2, -0.15) is 0 Å². The van der Waals surface area contributed by atoms with Crippen LogP contribution >= 0.6 is 0 Å². The summed E-state index contributed by atoms with van der Waals surface area (Å²) in [4.78, 5) is 31.6. The maximum absolute atomic E-state index is 13.9. The third-order valence-electron chi connectivity index (χ3n) is 5.12. The average Bonchev–Trinajstić information content (AvgIpc) is 3.32. The lowest BCUT2D eigenvalue weighted by molar-refractivity contribution is 0.0774. The zero-order chi connectivity index (χ0) is 19.0. The van der Waals surface area contributed by atoms with Gasteiger partial charge in [-0.1, -0.05) is 6.07 Å². The number of imidazole rings is 1. The van der Waals surface area contributed by atoms with E-state index in [1.165, 1.54) is 6.07 Å². The fourth-order valence-corrected chi connectivity index (χ4v) is 3.74. The molecule has 0 aliphatic carbocycles. The van der Waals surface area contributed by atoms with Crippen LogP contribution in [-0.4, -0.2) is 39.4 Å². The molecule has 0 saturated carbocycles. The number of amides is 2. The second kappa shape index (κ2) is 7.09. The van der Waals surface area contributed by atoms with Crippen molar-refractivity contribution < 1.29 is 18.4 Å². The quantitative estimate of drug-likeness (QED) is 0.898. The summed E-state index contributed by atoms with van der Waals surface area (Å²) in [6, 6.07) is 3.37. The number of likely N-dealkylation sites (tertiary alicyclic amines) is 1. The number of aromatic nitrogens is 2. The SMILES string of the molecule is O=C(Nc1c(F)cccc1F)c1nc(C(=O)N2CCCC2)n2c1CCCC2. The molecule has 0 bridgehead atoms. The molecule has 0 radical (unpaired) electrons. The Hall–Kier alpha value is -2.77. The second-order valence-corrected chi connectivity index (χ2v) is 6.89. The molecule has 27 heavy (non-hydrogen) atoms. The number of para-hydroxylation sites is 1. The molecule has 2 aliphatic rings. The topological polar surface area (TPSA) is 67.2 Å². The molecular weight excluding hydrogens is 354 g/mol. The smallest absolute Gasteiger partial charge is 0.289 e. The fraction of sp³-hybridized carbons (Fsp3) is 0.421. The Bertz CT molecular complexity index is 883. The summed E-state index contributed by atoms with van der Waals surface area (Å²) in [5.41, 5.74) is 0.213. The molecule has 0 unspecified atom stereocenters. The maximum atomic E-state index is 13.9. The minimum absolute atomic E-state index is 0.0694. The van der Waals surface area contributed by atoms with Crippen molar-refractivity contribution in [2.24, 2.45) is 0 Å². The van der Waals surface area contributed by atoms with Gasteiger partial charge in [0.05, 0.1) is 5.69 Å². The number of nitrogens with one attached hydrogen (secondary N) is 1. The highest BCUT2D eigenvalue weighted by atomic mass is 19.1. The van der Waals surface area contributed by atoms with E-state index in [9.17, 15) is 18.4 Å². The van der Waals surface area contributed by atoms with E-state index in [4.69, 9.17) is 0 Å². The summed E-state index contributed by atoms with van der Waals surface area (Å²) >= 11 is 0. The van der Waals surface area contributed by atoms with Gasteiger partial charge in [0.2, 0.25) is 0 Å². The molecule has 1 N–H and O–H groups in total. The van der Waals surface area contributed by atoms with Crippen LogP contribution in [0.25, 0.3) is 0 Å². The van der Waals surface area contributed by atoms with Crippen LogP contribution in [0.3, 0.4) is 0 Å². The first-order chi connectivity index (χ1) is 13.1. The summed E-state index contributed by atoms with van der Waals surface area (Å²) in [5.74, 6) is -2.36. The normalized spacial score (nSPS) is 16.3. The summed E-state index contributed by atoms with van der Waals surface area (Å²) in [7, 11) is 0. The van der Waals surface area contributed by atoms with E-state index < -0.39 is 23.2 Å². The molecule has 0 spiro atoms. The lowest BCUT2D eigenvalue weighted by atomic mass is 10.1. The van der Waals surface area contributed by atoms with Crippen LogP contribution in [0.15, 0.2) is 18.2 Å². The van der Waals surface area contributed by atoms with Crippen molar-refractivity contribution >= 4 is 17.5 Å². The van der Waals surface area contributed by atoms with Gasteiger partial charge in [-0.05, 0) is 44.2 Å². The number of carbonyl (C=O) groups excluding carboxylic acids is 2. The van der Waals surface area contributed by atoms with Gasteiger partial charge >= 0.3 is 0 Å². The van der Waals surface area contributed by atoms with E-state index in [1.807, 2.05) is 0 Å². The van der Waals surface area contributed by atoms with Crippen molar-refractivity contribution in [1.29, 1.82) is 0 Å². The Balaban J connectivity index is 1.68. The molecule has 2 aromatic rings. The van der Waals surface area contributed by atoms with Crippen molar-refractivity contribution in [2.45, 2.75) is 38.6 Å². The zero-order valence-corrected chi connectivity index (χ0v) is 14.8. The van der Waals surface area contributed by atoms with Gasteiger partial charge in [-0.25, -0.2) is 13.8 Å². The molecule has 4 rings (SSSR count). The molecule has 8 heteroatoms. The third-order valence-corrected chi connectivity index (χ3v) is 5.12. The van der Waals surface area contributed by atoms with Crippen LogP contribution < -0.4 is 5.32 Å². The van der Waals surface area contributed by atoms with Crippen molar-refractivity contribution in [3.63, 3.8) is 0 Å². The molecule has 1 saturated heterocycles. The monoisotopic (exact) mass is 374 g/mol. The van der Waals surface area contributed by atoms with Crippen LogP contribution in [0, 0.1) is 11.6 Å². The van der Waals surface area contributed by atoms with E-state index in [2.05, 4.69) is 10.3 Å². The molecule has 1 aromatic carbocycles. The number of nitrogens with zero attached hydrogens (tertiary/aromatic N) is 3. The highest BCUT2D eigenvalue weighted by Gasteiger charge is 2.31. The molecule has 6 nitrogen and oxygen atoms in total. The highest BCUT2D eigenvalue weighted by molar-refractivity contribution is 6.05. The summed E-state index contributed by atoms with van der Waals surface area (Å²) in [5, 5.41) is 2.28. The predicted molar refractivity (Wildman–Crippen MR) is 94.6 cm³/mol. The molecule has 142 valence electrons. The van der Waals surface area contributed by atoms with Gasteiger partial charge in [0.15, 0.2) is 11.5 Å². The average molecular weight is 374 g/mol. The molecule has 1 fully saturated rings. The standard InChI is InChI=1S/C19H20F2N4O2/c20-12-6-5-7-13(21)15(12)23-18(26)16-14-8-1-2-11-25(14)17(22-16)19(27)24-9-3-4-10-24/h5-7H,1-4,8-11H2,(H,23,26). The van der Waals surface area contributed by atoms with Crippen molar-refractivity contribution in [3.05, 3.63) is 47.0 Å². The van der Waals surface area contributed by atoms with E-state index in [0.717, 1.165) is 37.8 Å². The number of fused-ring (bicyclic) bond motifs is 1. The number of hydrogen-bond donors (Lipinski definition) is 1. The first-order valence-electron chi connectivity index (χ1n) is 9.20. The molecular formula is C19H20F2N4O2. The summed E-state index contributed by atoms with van der Waals surface area (Å²) in [6.07, 6.45) is 4.28. The number of benzene rings is 1. The van der Waals surface area contributed by atoms with E-state index >= 15 is 0 Å². The number of halogens is 2. The largest absolute Gasteiger partial charge is 0.336 e. The predicted octanol–water partition coefficient (Wildman–Crippen LogP) is 2.99. The molecule has 1 aromatic heterocycles. The van der Waals surface area contributed by atoms with Gasteiger partial charge in [0, 0.05) is 19.6 Å². The summed E-state index contributed by atoms with van der Waals surface area (Å²) in [6.45, 7) is 1.98. The zero-order valence-electron chi connectivity index (χ0n) is 14.8. The third kappa shape index (κ3) is 3.20. The number of rotatable bonds is 3. The minimum atomic E-state index is -0.857. The number of anilines is 1. The van der Waals surface area contributed by atoms with Gasteiger partial charge in [-0.15, -0.1) is 0 Å². The Labute approximate surface area is 155 Å². The Morgan fingerprint density at radius 3 is 2.37 bits per heavy atom. The number of hydrogen-bond acceptors (Lipinski definition) is 3. The van der Waals surface area contributed by atoms with Crippen LogP contribution in [0.1, 0.15) is 52.5 Å². The Kier molecular flexibility index (Phi) is 4.63. The summed E-state index contributed by atoms with van der Waals surface area (Å²) < 4.78 is 29.5. The van der Waals surface area contributed by atoms with E-state index in [0.29, 0.717) is 31.7 Å². The second-order valence-electron chi connectivity index (χ2n) is 6.89. The molecule has 3 heterocycles. The van der Waals surface area contributed by atoms with Crippen molar-refractivity contribution in [2.75, 3.05) is 18.4 Å². The first-order valence-corrected chi connectivity index (χ1v) is 9.20. The van der Waals surface area contributed by atoms with Crippen LogP contribution in [0.2, 0.25) is 0 Å². The lowest BCUT2D eigenvalue weighted by Gasteiger charge is -2.19. The van der Waals surface area contributed by atoms with Crippen LogP contribution in [0.4, 0.5) is 14.5 Å². The van der Waals surface area contributed by atoms with Crippen LogP contribution in [0.5, 0.6) is 0 Å². The van der Waals surface area contributed by atoms with E-state index in [-0.39, 0.29) is 17.4 Å². The van der Waals surface area contributed by atoms with Gasteiger partial charge < -0.3 is 14.8 Å². The van der Waals surface area contributed by atoms with E-state index in [1.54, 1.807) is 9.47 Å². The number of carbonyl (C=O) groups is 2. The van der Waals surface area contributed by atoms with Gasteiger partial charge in [-0.3, -0.25) is 9.59 Å². The Morgan fingerprint density at radius 1 is 1.00 bits per heavy atom. The fourth-order valence-electron chi connectivity index (χ4n) is 3.74. The van der Waals surface area contributed by atoms with Gasteiger partial charge in [0.25, 0.3) is 11.8 Å². The molecule has 2 amide bonds. The van der Waals surface area contributed by atoms with Crippen molar-refractivity contribution in [3.8, 4) is 0 Å². The highest BCUT2D eigenvalue weighted by Crippen LogP contribution is 2.25. The maximum Gasteiger partial charge on any atom is 0.289 e. The van der Waals surface area contributed by atoms with Crippen molar-refractivity contribution in [1.82, 2.24) is 14.5 Å². The first kappa shape index (κ1) is 17.6. The lowest BCUT2D eigenvalue weighted by Crippen LogP contribution is -2.31. The van der Waals surface area contributed by atoms with Gasteiger partial charge in [0.1, 0.15) is 17.3 Å². The minimum Gasteiger partial charge on any atom is -0.336 e. The van der Waals surface area contributed by atoms with Crippen LogP contribution in [-0.2, 0) is 13.0 Å². The Morgan fingerprint density at radius 2 is 1.67 bits per heavy atom.